The fourth-order valence-electron chi connectivity index (χ4n) is 1.25. The molecule has 15 heavy (non-hydrogen) atoms. The molecule has 0 aliphatic carbocycles. The van der Waals surface area contributed by atoms with Gasteiger partial charge in [-0.2, -0.15) is 13.2 Å². The molecule has 1 aromatic carbocycles. The van der Waals surface area contributed by atoms with Crippen LogP contribution in [0, 0.1) is 5.41 Å². The molecule has 1 aromatic rings. The topological polar surface area (TPSA) is 35.9 Å². The lowest BCUT2D eigenvalue weighted by Gasteiger charge is -2.12. The summed E-state index contributed by atoms with van der Waals surface area (Å²) in [7, 11) is 1.53. The smallest absolute Gasteiger partial charge is 0.388 e. The van der Waals surface area contributed by atoms with Crippen molar-refractivity contribution in [2.24, 2.45) is 0 Å². The van der Waals surface area contributed by atoms with Gasteiger partial charge in [0.15, 0.2) is 0 Å². The van der Waals surface area contributed by atoms with Crippen LogP contribution in [0.4, 0.5) is 18.9 Å². The van der Waals surface area contributed by atoms with Gasteiger partial charge in [0, 0.05) is 24.0 Å². The molecule has 0 saturated carbocycles. The summed E-state index contributed by atoms with van der Waals surface area (Å²) >= 11 is 0. The Labute approximate surface area is 85.6 Å². The Balaban J connectivity index is 3.25. The van der Waals surface area contributed by atoms with Crippen molar-refractivity contribution in [3.8, 4) is 0 Å². The first-order chi connectivity index (χ1) is 6.86. The van der Waals surface area contributed by atoms with Crippen molar-refractivity contribution in [1.29, 1.82) is 5.41 Å². The van der Waals surface area contributed by atoms with Gasteiger partial charge in [0.2, 0.25) is 0 Å². The standard InChI is InChI=1S/C10H11F3N2/c1-6(14)8-4-3-7(10(11,12)13)5-9(8)15-2/h3-5,14-15H,1-2H3. The first-order valence-electron chi connectivity index (χ1n) is 4.30. The van der Waals surface area contributed by atoms with E-state index in [0.29, 0.717) is 11.3 Å². The average molecular weight is 216 g/mol. The molecule has 2 N–H and O–H groups in total. The van der Waals surface area contributed by atoms with E-state index in [4.69, 9.17) is 5.41 Å². The first kappa shape index (κ1) is 11.6. The molecule has 1 rings (SSSR count). The molecule has 0 bridgehead atoms. The summed E-state index contributed by atoms with van der Waals surface area (Å²) in [6.45, 7) is 1.53. The lowest BCUT2D eigenvalue weighted by atomic mass is 10.1. The van der Waals surface area contributed by atoms with Crippen molar-refractivity contribution in [2.75, 3.05) is 12.4 Å². The van der Waals surface area contributed by atoms with Crippen LogP contribution < -0.4 is 5.32 Å². The summed E-state index contributed by atoms with van der Waals surface area (Å²) < 4.78 is 37.1. The van der Waals surface area contributed by atoms with Gasteiger partial charge in [0.25, 0.3) is 0 Å². The van der Waals surface area contributed by atoms with Gasteiger partial charge in [-0.05, 0) is 19.1 Å². The number of nitrogens with one attached hydrogen (secondary N) is 2. The Bertz CT molecular complexity index is 383. The highest BCUT2D eigenvalue weighted by Gasteiger charge is 2.30. The van der Waals surface area contributed by atoms with E-state index < -0.39 is 11.7 Å². The van der Waals surface area contributed by atoms with Crippen LogP contribution in [0.15, 0.2) is 18.2 Å². The number of anilines is 1. The van der Waals surface area contributed by atoms with Crippen LogP contribution in [0.2, 0.25) is 0 Å². The highest BCUT2D eigenvalue weighted by atomic mass is 19.4. The minimum Gasteiger partial charge on any atom is -0.388 e. The zero-order valence-corrected chi connectivity index (χ0v) is 8.37. The van der Waals surface area contributed by atoms with Crippen molar-refractivity contribution in [3.63, 3.8) is 0 Å². The third-order valence-electron chi connectivity index (χ3n) is 2.02. The summed E-state index contributed by atoms with van der Waals surface area (Å²) in [4.78, 5) is 0. The Kier molecular flexibility index (Phi) is 3.02. The van der Waals surface area contributed by atoms with E-state index in [0.717, 1.165) is 12.1 Å². The second-order valence-electron chi connectivity index (χ2n) is 3.13. The van der Waals surface area contributed by atoms with Gasteiger partial charge in [-0.15, -0.1) is 0 Å². The van der Waals surface area contributed by atoms with Crippen LogP contribution in [-0.2, 0) is 6.18 Å². The van der Waals surface area contributed by atoms with Crippen molar-refractivity contribution in [2.45, 2.75) is 13.1 Å². The number of alkyl halides is 3. The van der Waals surface area contributed by atoms with Crippen molar-refractivity contribution in [3.05, 3.63) is 29.3 Å². The molecule has 0 aliphatic rings. The van der Waals surface area contributed by atoms with Gasteiger partial charge >= 0.3 is 6.18 Å². The molecular weight excluding hydrogens is 205 g/mol. The first-order valence-corrected chi connectivity index (χ1v) is 4.30. The summed E-state index contributed by atoms with van der Waals surface area (Å²) in [5.41, 5.74) is 0.313. The molecule has 0 amide bonds. The minimum atomic E-state index is -4.35. The van der Waals surface area contributed by atoms with E-state index in [-0.39, 0.29) is 5.71 Å². The van der Waals surface area contributed by atoms with Crippen LogP contribution in [0.3, 0.4) is 0 Å². The normalized spacial score (nSPS) is 11.3. The number of hydrogen-bond donors (Lipinski definition) is 2. The lowest BCUT2D eigenvalue weighted by molar-refractivity contribution is -0.137. The van der Waals surface area contributed by atoms with E-state index in [1.54, 1.807) is 0 Å². The maximum Gasteiger partial charge on any atom is 0.416 e. The zero-order valence-electron chi connectivity index (χ0n) is 8.37. The van der Waals surface area contributed by atoms with Crippen LogP contribution in [0.5, 0.6) is 0 Å². The molecule has 5 heteroatoms. The summed E-state index contributed by atoms with van der Waals surface area (Å²) in [5, 5.41) is 10.0. The van der Waals surface area contributed by atoms with Gasteiger partial charge in [-0.25, -0.2) is 0 Å². The lowest BCUT2D eigenvalue weighted by Crippen LogP contribution is -2.08. The summed E-state index contributed by atoms with van der Waals surface area (Å²) in [5.74, 6) is 0. The minimum absolute atomic E-state index is 0.230. The fraction of sp³-hybridized carbons (Fsp3) is 0.300. The molecule has 0 saturated heterocycles. The number of halogens is 3. The Hall–Kier alpha value is -1.52. The van der Waals surface area contributed by atoms with Crippen molar-refractivity contribution in [1.82, 2.24) is 0 Å². The van der Waals surface area contributed by atoms with E-state index in [1.165, 1.54) is 20.0 Å². The molecule has 82 valence electrons. The molecule has 0 aromatic heterocycles. The molecule has 0 atom stereocenters. The summed E-state index contributed by atoms with van der Waals surface area (Å²) in [6, 6.07) is 3.29. The quantitative estimate of drug-likeness (QED) is 0.732. The summed E-state index contributed by atoms with van der Waals surface area (Å²) in [6.07, 6.45) is -4.35. The van der Waals surface area contributed by atoms with Crippen LogP contribution in [0.1, 0.15) is 18.1 Å². The molecule has 0 heterocycles. The predicted octanol–water partition coefficient (Wildman–Crippen LogP) is 3.13. The monoisotopic (exact) mass is 216 g/mol. The van der Waals surface area contributed by atoms with Crippen LogP contribution in [-0.4, -0.2) is 12.8 Å². The van der Waals surface area contributed by atoms with Crippen LogP contribution in [0.25, 0.3) is 0 Å². The second kappa shape index (κ2) is 3.92. The molecule has 2 nitrogen and oxygen atoms in total. The van der Waals surface area contributed by atoms with Crippen LogP contribution >= 0.6 is 0 Å². The zero-order chi connectivity index (χ0) is 11.6. The van der Waals surface area contributed by atoms with Gasteiger partial charge in [0.05, 0.1) is 5.56 Å². The Morgan fingerprint density at radius 2 is 1.93 bits per heavy atom. The van der Waals surface area contributed by atoms with Gasteiger partial charge < -0.3 is 10.7 Å². The third-order valence-corrected chi connectivity index (χ3v) is 2.02. The van der Waals surface area contributed by atoms with E-state index >= 15 is 0 Å². The molecule has 0 radical (unpaired) electrons. The van der Waals surface area contributed by atoms with Gasteiger partial charge in [0.1, 0.15) is 0 Å². The molecule has 0 spiro atoms. The van der Waals surface area contributed by atoms with Gasteiger partial charge in [-0.3, -0.25) is 0 Å². The Morgan fingerprint density at radius 1 is 1.33 bits per heavy atom. The van der Waals surface area contributed by atoms with Crippen molar-refractivity contribution >= 4 is 11.4 Å². The van der Waals surface area contributed by atoms with E-state index in [9.17, 15) is 13.2 Å². The SMILES string of the molecule is CNc1cc(C(F)(F)F)ccc1C(C)=N. The van der Waals surface area contributed by atoms with E-state index in [2.05, 4.69) is 5.32 Å². The number of benzene rings is 1. The number of rotatable bonds is 2. The average Bonchev–Trinajstić information content (AvgIpc) is 2.15. The maximum atomic E-state index is 12.4. The van der Waals surface area contributed by atoms with E-state index in [1.807, 2.05) is 0 Å². The molecule has 0 aliphatic heterocycles. The second-order valence-corrected chi connectivity index (χ2v) is 3.13. The van der Waals surface area contributed by atoms with Crippen molar-refractivity contribution < 1.29 is 13.2 Å². The third kappa shape index (κ3) is 2.49. The Morgan fingerprint density at radius 3 is 2.33 bits per heavy atom. The fourth-order valence-corrected chi connectivity index (χ4v) is 1.25. The molecule has 0 unspecified atom stereocenters. The molecule has 0 fully saturated rings. The number of hydrogen-bond acceptors (Lipinski definition) is 2. The molecular formula is C10H11F3N2. The maximum absolute atomic E-state index is 12.4. The highest BCUT2D eigenvalue weighted by Crippen LogP contribution is 2.32. The van der Waals surface area contributed by atoms with Gasteiger partial charge in [-0.1, -0.05) is 6.07 Å². The predicted molar refractivity (Wildman–Crippen MR) is 53.5 cm³/mol. The highest BCUT2D eigenvalue weighted by molar-refractivity contribution is 6.01. The largest absolute Gasteiger partial charge is 0.416 e.